The van der Waals surface area contributed by atoms with Crippen LogP contribution in [-0.2, 0) is 4.74 Å². The molecular weight excluding hydrogens is 266 g/mol. The van der Waals surface area contributed by atoms with Crippen molar-refractivity contribution in [3.8, 4) is 0 Å². The van der Waals surface area contributed by atoms with Gasteiger partial charge in [-0.05, 0) is 44.1 Å². The molecule has 1 amide bonds. The van der Waals surface area contributed by atoms with Crippen molar-refractivity contribution in [2.45, 2.75) is 18.9 Å². The number of benzene rings is 1. The average molecular weight is 291 g/mol. The van der Waals surface area contributed by atoms with E-state index in [4.69, 9.17) is 4.74 Å². The second-order valence-corrected chi connectivity index (χ2v) is 5.52. The fourth-order valence-electron chi connectivity index (χ4n) is 2.38. The molecule has 0 radical (unpaired) electrons. The van der Waals surface area contributed by atoms with E-state index in [-0.39, 0.29) is 5.91 Å². The lowest BCUT2D eigenvalue weighted by Crippen LogP contribution is -2.34. The number of piperidine rings is 1. The number of nitrogens with zero attached hydrogens (tertiary/aromatic N) is 1. The number of rotatable bonds is 6. The molecule has 1 fully saturated rings. The maximum atomic E-state index is 12.1. The third-order valence-corrected chi connectivity index (χ3v) is 3.65. The Bertz CT molecular complexity index is 457. The van der Waals surface area contributed by atoms with E-state index >= 15 is 0 Å². The molecule has 21 heavy (non-hydrogen) atoms. The Morgan fingerprint density at radius 2 is 2.14 bits per heavy atom. The zero-order valence-electron chi connectivity index (χ0n) is 12.9. The molecule has 0 atom stereocenters. The van der Waals surface area contributed by atoms with Crippen molar-refractivity contribution < 1.29 is 9.53 Å². The normalized spacial score (nSPS) is 15.7. The lowest BCUT2D eigenvalue weighted by Gasteiger charge is -2.23. The molecule has 1 saturated heterocycles. The van der Waals surface area contributed by atoms with E-state index in [0.29, 0.717) is 24.8 Å². The number of anilines is 1. The third kappa shape index (κ3) is 5.02. The molecule has 1 heterocycles. The Morgan fingerprint density at radius 1 is 1.38 bits per heavy atom. The smallest absolute Gasteiger partial charge is 0.251 e. The average Bonchev–Trinajstić information content (AvgIpc) is 2.52. The molecule has 1 aliphatic rings. The number of nitrogens with one attached hydrogen (secondary N) is 2. The Kier molecular flexibility index (Phi) is 6.02. The number of amides is 1. The van der Waals surface area contributed by atoms with Gasteiger partial charge in [-0.3, -0.25) is 4.79 Å². The number of ether oxygens (including phenoxy) is 1. The summed E-state index contributed by atoms with van der Waals surface area (Å²) in [7, 11) is 3.92. The highest BCUT2D eigenvalue weighted by atomic mass is 16.5. The molecule has 1 aromatic rings. The minimum atomic E-state index is -0.0485. The van der Waals surface area contributed by atoms with Crippen LogP contribution in [0.15, 0.2) is 24.3 Å². The van der Waals surface area contributed by atoms with E-state index in [2.05, 4.69) is 10.6 Å². The molecule has 5 heteroatoms. The second kappa shape index (κ2) is 8.00. The number of carbonyl (C=O) groups excluding carboxylic acids is 1. The lowest BCUT2D eigenvalue weighted by atomic mass is 10.1. The van der Waals surface area contributed by atoms with Crippen molar-refractivity contribution in [1.29, 1.82) is 0 Å². The number of carbonyl (C=O) groups is 1. The monoisotopic (exact) mass is 291 g/mol. The first-order valence-corrected chi connectivity index (χ1v) is 7.55. The summed E-state index contributed by atoms with van der Waals surface area (Å²) in [5, 5.41) is 6.21. The van der Waals surface area contributed by atoms with Gasteiger partial charge in [-0.1, -0.05) is 6.07 Å². The van der Waals surface area contributed by atoms with E-state index in [1.807, 2.05) is 43.3 Å². The van der Waals surface area contributed by atoms with Crippen molar-refractivity contribution in [3.63, 3.8) is 0 Å². The van der Waals surface area contributed by atoms with E-state index in [0.717, 1.165) is 31.6 Å². The molecule has 2 N–H and O–H groups in total. The van der Waals surface area contributed by atoms with Gasteiger partial charge in [0.1, 0.15) is 0 Å². The van der Waals surface area contributed by atoms with Crippen LogP contribution < -0.4 is 15.5 Å². The molecule has 0 spiro atoms. The van der Waals surface area contributed by atoms with Gasteiger partial charge in [0.15, 0.2) is 0 Å². The van der Waals surface area contributed by atoms with Crippen molar-refractivity contribution in [2.75, 3.05) is 45.2 Å². The van der Waals surface area contributed by atoms with E-state index in [9.17, 15) is 4.79 Å². The van der Waals surface area contributed by atoms with Crippen LogP contribution in [0.3, 0.4) is 0 Å². The Labute approximate surface area is 126 Å². The molecule has 0 aliphatic carbocycles. The summed E-state index contributed by atoms with van der Waals surface area (Å²) >= 11 is 0. The quantitative estimate of drug-likeness (QED) is 0.775. The van der Waals surface area contributed by atoms with Crippen molar-refractivity contribution in [3.05, 3.63) is 29.8 Å². The highest BCUT2D eigenvalue weighted by molar-refractivity contribution is 5.95. The zero-order chi connectivity index (χ0) is 15.1. The van der Waals surface area contributed by atoms with Crippen LogP contribution in [0.1, 0.15) is 23.2 Å². The minimum absolute atomic E-state index is 0.0485. The van der Waals surface area contributed by atoms with E-state index in [1.165, 1.54) is 0 Å². The van der Waals surface area contributed by atoms with Gasteiger partial charge in [0, 0.05) is 31.9 Å². The van der Waals surface area contributed by atoms with Crippen molar-refractivity contribution in [1.82, 2.24) is 10.6 Å². The molecule has 1 aliphatic heterocycles. The summed E-state index contributed by atoms with van der Waals surface area (Å²) in [6.45, 7) is 3.17. The summed E-state index contributed by atoms with van der Waals surface area (Å²) in [5.74, 6) is -0.0485. The first kappa shape index (κ1) is 15.8. The predicted octanol–water partition coefficient (Wildman–Crippen LogP) is 1.25. The highest BCUT2D eigenvalue weighted by Crippen LogP contribution is 2.13. The van der Waals surface area contributed by atoms with E-state index in [1.54, 1.807) is 0 Å². The van der Waals surface area contributed by atoms with Crippen LogP contribution in [0.5, 0.6) is 0 Å². The molecular formula is C16H25N3O2. The summed E-state index contributed by atoms with van der Waals surface area (Å²) in [6.07, 6.45) is 2.44. The maximum absolute atomic E-state index is 12.1. The van der Waals surface area contributed by atoms with Gasteiger partial charge >= 0.3 is 0 Å². The fraction of sp³-hybridized carbons (Fsp3) is 0.562. The topological polar surface area (TPSA) is 53.6 Å². The van der Waals surface area contributed by atoms with Gasteiger partial charge < -0.3 is 20.3 Å². The summed E-state index contributed by atoms with van der Waals surface area (Å²) in [6, 6.07) is 7.60. The van der Waals surface area contributed by atoms with Gasteiger partial charge in [-0.15, -0.1) is 0 Å². The van der Waals surface area contributed by atoms with Gasteiger partial charge in [0.05, 0.1) is 12.7 Å². The molecule has 0 saturated carbocycles. The minimum Gasteiger partial charge on any atom is -0.378 e. The Balaban J connectivity index is 1.72. The molecule has 0 bridgehead atoms. The standard InChI is InChI=1S/C16H25N3O2/c1-19(2)14-5-3-4-13(12-14)16(20)18-10-11-21-15-6-8-17-9-7-15/h3-5,12,15,17H,6-11H2,1-2H3,(H,18,20). The first-order valence-electron chi connectivity index (χ1n) is 7.55. The predicted molar refractivity (Wildman–Crippen MR) is 84.9 cm³/mol. The van der Waals surface area contributed by atoms with Crippen LogP contribution in [0.4, 0.5) is 5.69 Å². The summed E-state index contributed by atoms with van der Waals surface area (Å²) in [5.41, 5.74) is 1.71. The van der Waals surface area contributed by atoms with E-state index < -0.39 is 0 Å². The largest absolute Gasteiger partial charge is 0.378 e. The van der Waals surface area contributed by atoms with Gasteiger partial charge in [0.2, 0.25) is 0 Å². The summed E-state index contributed by atoms with van der Waals surface area (Å²) < 4.78 is 5.77. The number of hydrogen-bond donors (Lipinski definition) is 2. The fourth-order valence-corrected chi connectivity index (χ4v) is 2.38. The molecule has 0 unspecified atom stereocenters. The van der Waals surface area contributed by atoms with Crippen LogP contribution in [0.25, 0.3) is 0 Å². The molecule has 5 nitrogen and oxygen atoms in total. The van der Waals surface area contributed by atoms with Gasteiger partial charge in [0.25, 0.3) is 5.91 Å². The first-order chi connectivity index (χ1) is 10.2. The van der Waals surface area contributed by atoms with Gasteiger partial charge in [-0.25, -0.2) is 0 Å². The van der Waals surface area contributed by atoms with Crippen LogP contribution in [0.2, 0.25) is 0 Å². The highest BCUT2D eigenvalue weighted by Gasteiger charge is 2.13. The second-order valence-electron chi connectivity index (χ2n) is 5.52. The Morgan fingerprint density at radius 3 is 2.86 bits per heavy atom. The van der Waals surface area contributed by atoms with Crippen molar-refractivity contribution >= 4 is 11.6 Å². The van der Waals surface area contributed by atoms with Crippen LogP contribution in [0, 0.1) is 0 Å². The van der Waals surface area contributed by atoms with Crippen molar-refractivity contribution in [2.24, 2.45) is 0 Å². The Hall–Kier alpha value is -1.59. The number of hydrogen-bond acceptors (Lipinski definition) is 4. The van der Waals surface area contributed by atoms with Crippen LogP contribution in [-0.4, -0.2) is 52.3 Å². The van der Waals surface area contributed by atoms with Gasteiger partial charge in [-0.2, -0.15) is 0 Å². The molecule has 116 valence electrons. The summed E-state index contributed by atoms with van der Waals surface area (Å²) in [4.78, 5) is 14.1. The molecule has 1 aromatic carbocycles. The SMILES string of the molecule is CN(C)c1cccc(C(=O)NCCOC2CCNCC2)c1. The third-order valence-electron chi connectivity index (χ3n) is 3.65. The molecule has 0 aromatic heterocycles. The zero-order valence-corrected chi connectivity index (χ0v) is 12.9. The lowest BCUT2D eigenvalue weighted by molar-refractivity contribution is 0.0343. The molecule has 2 rings (SSSR count). The van der Waals surface area contributed by atoms with Crippen LogP contribution >= 0.6 is 0 Å². The maximum Gasteiger partial charge on any atom is 0.251 e.